The van der Waals surface area contributed by atoms with Crippen molar-refractivity contribution in [2.45, 2.75) is 32.7 Å². The van der Waals surface area contributed by atoms with Gasteiger partial charge in [0, 0.05) is 24.3 Å². The normalized spacial score (nSPS) is 11.4. The number of hydrogen-bond donors (Lipinski definition) is 2. The fourth-order valence-corrected chi connectivity index (χ4v) is 2.55. The molecule has 2 aromatic rings. The maximum atomic E-state index is 12.4. The van der Waals surface area contributed by atoms with Crippen LogP contribution in [0.15, 0.2) is 36.5 Å². The number of hydrogen-bond acceptors (Lipinski definition) is 5. The minimum absolute atomic E-state index is 0.0493. The van der Waals surface area contributed by atoms with Crippen LogP contribution in [0, 0.1) is 0 Å². The van der Waals surface area contributed by atoms with Crippen molar-refractivity contribution >= 4 is 11.8 Å². The lowest BCUT2D eigenvalue weighted by molar-refractivity contribution is 0.0934. The third-order valence-electron chi connectivity index (χ3n) is 4.39. The van der Waals surface area contributed by atoms with Crippen LogP contribution in [0.2, 0.25) is 0 Å². The summed E-state index contributed by atoms with van der Waals surface area (Å²) in [4.78, 5) is 28.6. The molecular weight excluding hydrogens is 358 g/mol. The van der Waals surface area contributed by atoms with Gasteiger partial charge in [-0.15, -0.1) is 0 Å². The Morgan fingerprint density at radius 1 is 1.07 bits per heavy atom. The van der Waals surface area contributed by atoms with Crippen molar-refractivity contribution in [2.75, 3.05) is 20.8 Å². The van der Waals surface area contributed by atoms with Gasteiger partial charge in [-0.25, -0.2) is 0 Å². The van der Waals surface area contributed by atoms with E-state index in [1.807, 2.05) is 32.0 Å². The molecule has 150 valence electrons. The van der Waals surface area contributed by atoms with Gasteiger partial charge in [0.05, 0.1) is 14.2 Å². The number of pyridine rings is 1. The molecule has 28 heavy (non-hydrogen) atoms. The van der Waals surface area contributed by atoms with Crippen LogP contribution >= 0.6 is 0 Å². The fraction of sp³-hybridized carbons (Fsp3) is 0.381. The molecular formula is C21H27N3O4. The number of aromatic nitrogens is 1. The van der Waals surface area contributed by atoms with Crippen molar-refractivity contribution in [2.24, 2.45) is 0 Å². The molecule has 1 heterocycles. The van der Waals surface area contributed by atoms with Gasteiger partial charge in [0.25, 0.3) is 11.8 Å². The van der Waals surface area contributed by atoms with Crippen LogP contribution < -0.4 is 20.1 Å². The minimum atomic E-state index is -0.283. The second kappa shape index (κ2) is 10.3. The third kappa shape index (κ3) is 5.70. The number of carbonyl (C=O) groups is 2. The summed E-state index contributed by atoms with van der Waals surface area (Å²) in [5.74, 6) is 0.780. The number of amides is 2. The van der Waals surface area contributed by atoms with Gasteiger partial charge in [0.2, 0.25) is 0 Å². The van der Waals surface area contributed by atoms with Gasteiger partial charge in [-0.05, 0) is 49.6 Å². The number of rotatable bonds is 9. The number of nitrogens with zero attached hydrogens (tertiary/aromatic N) is 1. The summed E-state index contributed by atoms with van der Waals surface area (Å²) in [5.41, 5.74) is 1.64. The first-order chi connectivity index (χ1) is 13.5. The summed E-state index contributed by atoms with van der Waals surface area (Å²) in [6.07, 6.45) is 2.93. The van der Waals surface area contributed by atoms with E-state index in [2.05, 4.69) is 15.6 Å². The Kier molecular flexibility index (Phi) is 7.80. The predicted octanol–water partition coefficient (Wildman–Crippen LogP) is 2.60. The molecule has 0 spiro atoms. The summed E-state index contributed by atoms with van der Waals surface area (Å²) < 4.78 is 10.5. The Balaban J connectivity index is 1.95. The molecule has 0 fully saturated rings. The van der Waals surface area contributed by atoms with Gasteiger partial charge in [0.15, 0.2) is 11.5 Å². The van der Waals surface area contributed by atoms with Crippen LogP contribution in [-0.2, 0) is 6.42 Å². The molecule has 1 aromatic carbocycles. The van der Waals surface area contributed by atoms with Gasteiger partial charge >= 0.3 is 0 Å². The largest absolute Gasteiger partial charge is 0.493 e. The van der Waals surface area contributed by atoms with Gasteiger partial charge in [-0.1, -0.05) is 13.0 Å². The monoisotopic (exact) mass is 385 g/mol. The molecule has 0 saturated heterocycles. The lowest BCUT2D eigenvalue weighted by Gasteiger charge is -2.12. The topological polar surface area (TPSA) is 89.6 Å². The third-order valence-corrected chi connectivity index (χ3v) is 4.39. The Bertz CT molecular complexity index is 823. The molecule has 0 saturated carbocycles. The van der Waals surface area contributed by atoms with Crippen LogP contribution in [0.3, 0.4) is 0 Å². The van der Waals surface area contributed by atoms with Gasteiger partial charge in [0.1, 0.15) is 5.69 Å². The highest BCUT2D eigenvalue weighted by Crippen LogP contribution is 2.27. The number of ether oxygens (including phenoxy) is 2. The molecule has 0 aliphatic heterocycles. The summed E-state index contributed by atoms with van der Waals surface area (Å²) >= 11 is 0. The Morgan fingerprint density at radius 3 is 2.50 bits per heavy atom. The summed E-state index contributed by atoms with van der Waals surface area (Å²) in [6.45, 7) is 4.36. The zero-order valence-electron chi connectivity index (χ0n) is 16.7. The van der Waals surface area contributed by atoms with Gasteiger partial charge in [-0.3, -0.25) is 14.6 Å². The van der Waals surface area contributed by atoms with Crippen molar-refractivity contribution in [3.05, 3.63) is 53.3 Å². The molecule has 1 unspecified atom stereocenters. The quantitative estimate of drug-likeness (QED) is 0.693. The molecule has 0 aliphatic rings. The maximum Gasteiger partial charge on any atom is 0.270 e. The number of benzene rings is 1. The van der Waals surface area contributed by atoms with Crippen molar-refractivity contribution in [3.63, 3.8) is 0 Å². The van der Waals surface area contributed by atoms with E-state index >= 15 is 0 Å². The lowest BCUT2D eigenvalue weighted by Crippen LogP contribution is -2.33. The van der Waals surface area contributed by atoms with Crippen molar-refractivity contribution in [1.82, 2.24) is 15.6 Å². The number of nitrogens with one attached hydrogen (secondary N) is 2. The SMILES string of the molecule is CCC(C)NC(=O)c1cc(C(=O)NCCc2ccc(OC)c(OC)c2)ccn1. The molecule has 2 N–H and O–H groups in total. The van der Waals surface area contributed by atoms with E-state index < -0.39 is 0 Å². The average Bonchev–Trinajstić information content (AvgIpc) is 2.73. The summed E-state index contributed by atoms with van der Waals surface area (Å²) in [6, 6.07) is 8.79. The second-order valence-electron chi connectivity index (χ2n) is 6.41. The zero-order chi connectivity index (χ0) is 20.5. The Morgan fingerprint density at radius 2 is 1.82 bits per heavy atom. The first kappa shape index (κ1) is 21.2. The molecule has 1 atom stereocenters. The van der Waals surface area contributed by atoms with E-state index in [1.165, 1.54) is 12.3 Å². The highest BCUT2D eigenvalue weighted by Gasteiger charge is 2.13. The van der Waals surface area contributed by atoms with E-state index in [0.29, 0.717) is 30.0 Å². The molecule has 2 rings (SSSR count). The lowest BCUT2D eigenvalue weighted by atomic mass is 10.1. The van der Waals surface area contributed by atoms with E-state index in [1.54, 1.807) is 20.3 Å². The van der Waals surface area contributed by atoms with E-state index in [4.69, 9.17) is 9.47 Å². The zero-order valence-corrected chi connectivity index (χ0v) is 16.7. The molecule has 0 bridgehead atoms. The first-order valence-corrected chi connectivity index (χ1v) is 9.24. The Labute approximate surface area is 165 Å². The van der Waals surface area contributed by atoms with Crippen LogP contribution in [-0.4, -0.2) is 43.6 Å². The van der Waals surface area contributed by atoms with Gasteiger partial charge < -0.3 is 20.1 Å². The van der Waals surface area contributed by atoms with Crippen molar-refractivity contribution < 1.29 is 19.1 Å². The van der Waals surface area contributed by atoms with Crippen LogP contribution in [0.4, 0.5) is 0 Å². The van der Waals surface area contributed by atoms with Crippen LogP contribution in [0.5, 0.6) is 11.5 Å². The average molecular weight is 385 g/mol. The van der Waals surface area contributed by atoms with Crippen LogP contribution in [0.1, 0.15) is 46.7 Å². The smallest absolute Gasteiger partial charge is 0.270 e. The predicted molar refractivity (Wildman–Crippen MR) is 107 cm³/mol. The molecule has 0 aliphatic carbocycles. The second-order valence-corrected chi connectivity index (χ2v) is 6.41. The molecule has 2 amide bonds. The molecule has 1 aromatic heterocycles. The molecule has 7 heteroatoms. The highest BCUT2D eigenvalue weighted by molar-refractivity contribution is 5.98. The standard InChI is InChI=1S/C21H27N3O4/c1-5-14(2)24-21(26)17-13-16(9-11-22-17)20(25)23-10-8-15-6-7-18(27-3)19(12-15)28-4/h6-7,9,11-14H,5,8,10H2,1-4H3,(H,23,25)(H,24,26). The van der Waals surface area contributed by atoms with E-state index in [0.717, 1.165) is 12.0 Å². The van der Waals surface area contributed by atoms with Crippen LogP contribution in [0.25, 0.3) is 0 Å². The fourth-order valence-electron chi connectivity index (χ4n) is 2.55. The Hall–Kier alpha value is -3.09. The van der Waals surface area contributed by atoms with Crippen molar-refractivity contribution in [1.29, 1.82) is 0 Å². The molecule has 7 nitrogen and oxygen atoms in total. The van der Waals surface area contributed by atoms with E-state index in [9.17, 15) is 9.59 Å². The molecule has 0 radical (unpaired) electrons. The minimum Gasteiger partial charge on any atom is -0.493 e. The number of carbonyl (C=O) groups excluding carboxylic acids is 2. The highest BCUT2D eigenvalue weighted by atomic mass is 16.5. The van der Waals surface area contributed by atoms with E-state index in [-0.39, 0.29) is 23.6 Å². The number of methoxy groups -OCH3 is 2. The summed E-state index contributed by atoms with van der Waals surface area (Å²) in [7, 11) is 3.17. The maximum absolute atomic E-state index is 12.4. The van der Waals surface area contributed by atoms with Gasteiger partial charge in [-0.2, -0.15) is 0 Å². The first-order valence-electron chi connectivity index (χ1n) is 9.24. The summed E-state index contributed by atoms with van der Waals surface area (Å²) in [5, 5.41) is 5.70. The van der Waals surface area contributed by atoms with Crippen molar-refractivity contribution in [3.8, 4) is 11.5 Å².